The average molecular weight is 355 g/mol. The summed E-state index contributed by atoms with van der Waals surface area (Å²) in [6.45, 7) is 2.08. The van der Waals surface area contributed by atoms with Gasteiger partial charge in [-0.1, -0.05) is 18.1 Å². The van der Waals surface area contributed by atoms with Crippen molar-refractivity contribution in [2.24, 2.45) is 0 Å². The van der Waals surface area contributed by atoms with Crippen molar-refractivity contribution in [3.05, 3.63) is 29.8 Å². The summed E-state index contributed by atoms with van der Waals surface area (Å²) in [4.78, 5) is 38.6. The number of fused-ring (bicyclic) bond motifs is 1. The number of amides is 3. The number of ether oxygens (including phenoxy) is 1. The van der Waals surface area contributed by atoms with Crippen LogP contribution in [0.3, 0.4) is 0 Å². The predicted octanol–water partition coefficient (Wildman–Crippen LogP) is 0.656. The standard InChI is InChI=1S/C19H21N3O4/c1-3-11-20-17(24)13(2)22-12-10-19(9-8-16(22)23)21-18(25)14-6-4-5-7-15(14)26-19/h1,4-7,13H,8-12H2,2H3,(H,20,24)(H,21,25). The fourth-order valence-electron chi connectivity index (χ4n) is 3.32. The van der Waals surface area contributed by atoms with Crippen molar-refractivity contribution < 1.29 is 19.1 Å². The van der Waals surface area contributed by atoms with E-state index in [0.29, 0.717) is 30.7 Å². The Kier molecular flexibility index (Phi) is 4.85. The topological polar surface area (TPSA) is 87.7 Å². The minimum absolute atomic E-state index is 0.116. The zero-order chi connectivity index (χ0) is 18.7. The van der Waals surface area contributed by atoms with Gasteiger partial charge in [0.05, 0.1) is 12.1 Å². The number of likely N-dealkylation sites (tertiary alicyclic amines) is 1. The van der Waals surface area contributed by atoms with Gasteiger partial charge in [-0.05, 0) is 19.1 Å². The van der Waals surface area contributed by atoms with E-state index in [9.17, 15) is 14.4 Å². The summed E-state index contributed by atoms with van der Waals surface area (Å²) < 4.78 is 6.07. The van der Waals surface area contributed by atoms with Gasteiger partial charge in [0.15, 0.2) is 5.72 Å². The highest BCUT2D eigenvalue weighted by molar-refractivity contribution is 5.98. The maximum Gasteiger partial charge on any atom is 0.258 e. The van der Waals surface area contributed by atoms with Crippen molar-refractivity contribution in [1.82, 2.24) is 15.5 Å². The van der Waals surface area contributed by atoms with Crippen molar-refractivity contribution in [1.29, 1.82) is 0 Å². The molecule has 2 aliphatic heterocycles. The van der Waals surface area contributed by atoms with E-state index >= 15 is 0 Å². The van der Waals surface area contributed by atoms with E-state index in [-0.39, 0.29) is 30.7 Å². The minimum atomic E-state index is -0.940. The summed E-state index contributed by atoms with van der Waals surface area (Å²) in [5.74, 6) is 2.18. The molecule has 1 saturated heterocycles. The van der Waals surface area contributed by atoms with Crippen molar-refractivity contribution in [2.45, 2.75) is 38.0 Å². The van der Waals surface area contributed by atoms with Gasteiger partial charge in [0.1, 0.15) is 11.8 Å². The lowest BCUT2D eigenvalue weighted by molar-refractivity contribution is -0.139. The number of carbonyl (C=O) groups is 3. The fraction of sp³-hybridized carbons (Fsp3) is 0.421. The first kappa shape index (κ1) is 17.8. The number of hydrogen-bond donors (Lipinski definition) is 2. The molecule has 0 radical (unpaired) electrons. The third-order valence-corrected chi connectivity index (χ3v) is 4.81. The lowest BCUT2D eigenvalue weighted by Crippen LogP contribution is -2.56. The normalized spacial score (nSPS) is 23.2. The SMILES string of the molecule is C#CCNC(=O)C(C)N1CCC2(CCC1=O)NC(=O)c1ccccc1O2. The number of nitrogens with zero attached hydrogens (tertiary/aromatic N) is 1. The predicted molar refractivity (Wildman–Crippen MR) is 94.1 cm³/mol. The van der Waals surface area contributed by atoms with Crippen LogP contribution in [-0.4, -0.2) is 47.5 Å². The van der Waals surface area contributed by atoms with E-state index in [1.165, 1.54) is 4.90 Å². The van der Waals surface area contributed by atoms with Gasteiger partial charge in [-0.25, -0.2) is 0 Å². The number of nitrogens with one attached hydrogen (secondary N) is 2. The Hall–Kier alpha value is -3.01. The van der Waals surface area contributed by atoms with Crippen LogP contribution in [0.2, 0.25) is 0 Å². The van der Waals surface area contributed by atoms with E-state index in [2.05, 4.69) is 16.6 Å². The Labute approximate surface area is 152 Å². The molecule has 2 heterocycles. The fourth-order valence-corrected chi connectivity index (χ4v) is 3.32. The number of carbonyl (C=O) groups excluding carboxylic acids is 3. The molecule has 136 valence electrons. The Morgan fingerprint density at radius 2 is 2.19 bits per heavy atom. The maximum absolute atomic E-state index is 12.5. The van der Waals surface area contributed by atoms with E-state index in [0.717, 1.165) is 0 Å². The zero-order valence-electron chi connectivity index (χ0n) is 14.6. The molecule has 0 saturated carbocycles. The first-order valence-electron chi connectivity index (χ1n) is 8.57. The van der Waals surface area contributed by atoms with Gasteiger partial charge in [-0.3, -0.25) is 14.4 Å². The lowest BCUT2D eigenvalue weighted by Gasteiger charge is -2.38. The molecule has 2 aliphatic rings. The maximum atomic E-state index is 12.5. The summed E-state index contributed by atoms with van der Waals surface area (Å²) in [5, 5.41) is 5.50. The summed E-state index contributed by atoms with van der Waals surface area (Å²) in [7, 11) is 0. The Bertz CT molecular complexity index is 785. The van der Waals surface area contributed by atoms with E-state index in [1.807, 2.05) is 0 Å². The van der Waals surface area contributed by atoms with Crippen molar-refractivity contribution >= 4 is 17.7 Å². The third-order valence-electron chi connectivity index (χ3n) is 4.81. The third kappa shape index (κ3) is 3.36. The molecule has 7 heteroatoms. The van der Waals surface area contributed by atoms with Gasteiger partial charge in [0, 0.05) is 25.8 Å². The van der Waals surface area contributed by atoms with Crippen LogP contribution in [-0.2, 0) is 9.59 Å². The van der Waals surface area contributed by atoms with E-state index < -0.39 is 11.8 Å². The van der Waals surface area contributed by atoms with Crippen LogP contribution in [0.1, 0.15) is 36.5 Å². The molecule has 1 aromatic rings. The second-order valence-electron chi connectivity index (χ2n) is 6.48. The summed E-state index contributed by atoms with van der Waals surface area (Å²) >= 11 is 0. The second kappa shape index (κ2) is 7.08. The molecule has 2 atom stereocenters. The van der Waals surface area contributed by atoms with Crippen molar-refractivity contribution in [3.8, 4) is 18.1 Å². The summed E-state index contributed by atoms with van der Waals surface area (Å²) in [6.07, 6.45) is 6.07. The highest BCUT2D eigenvalue weighted by Gasteiger charge is 2.43. The largest absolute Gasteiger partial charge is 0.467 e. The molecule has 0 aliphatic carbocycles. The van der Waals surface area contributed by atoms with Crippen LogP contribution in [0.25, 0.3) is 0 Å². The number of terminal acetylenes is 1. The van der Waals surface area contributed by atoms with Crippen molar-refractivity contribution in [3.63, 3.8) is 0 Å². The summed E-state index contributed by atoms with van der Waals surface area (Å²) in [5.41, 5.74) is -0.460. The highest BCUT2D eigenvalue weighted by Crippen LogP contribution is 2.33. The summed E-state index contributed by atoms with van der Waals surface area (Å²) in [6, 6.07) is 6.38. The Morgan fingerprint density at radius 3 is 2.96 bits per heavy atom. The monoisotopic (exact) mass is 355 g/mol. The van der Waals surface area contributed by atoms with Crippen LogP contribution < -0.4 is 15.4 Å². The molecule has 0 aromatic heterocycles. The van der Waals surface area contributed by atoms with Crippen LogP contribution in [0, 0.1) is 12.3 Å². The van der Waals surface area contributed by atoms with Gasteiger partial charge in [0.25, 0.3) is 5.91 Å². The molecule has 1 fully saturated rings. The Balaban J connectivity index is 1.76. The van der Waals surface area contributed by atoms with Crippen LogP contribution in [0.4, 0.5) is 0 Å². The molecular formula is C19H21N3O4. The number of benzene rings is 1. The Morgan fingerprint density at radius 1 is 1.42 bits per heavy atom. The molecule has 3 amide bonds. The second-order valence-corrected chi connectivity index (χ2v) is 6.48. The first-order valence-corrected chi connectivity index (χ1v) is 8.57. The first-order chi connectivity index (χ1) is 12.5. The van der Waals surface area contributed by atoms with E-state index in [4.69, 9.17) is 11.2 Å². The zero-order valence-corrected chi connectivity index (χ0v) is 14.6. The van der Waals surface area contributed by atoms with Crippen LogP contribution in [0.15, 0.2) is 24.3 Å². The number of hydrogen-bond acceptors (Lipinski definition) is 4. The van der Waals surface area contributed by atoms with Crippen LogP contribution >= 0.6 is 0 Å². The average Bonchev–Trinajstić information content (AvgIpc) is 2.79. The molecule has 1 aromatic carbocycles. The molecule has 1 spiro atoms. The van der Waals surface area contributed by atoms with Crippen LogP contribution in [0.5, 0.6) is 5.75 Å². The van der Waals surface area contributed by atoms with Gasteiger partial charge >= 0.3 is 0 Å². The molecular weight excluding hydrogens is 334 g/mol. The van der Waals surface area contributed by atoms with Gasteiger partial charge in [-0.15, -0.1) is 6.42 Å². The highest BCUT2D eigenvalue weighted by atomic mass is 16.5. The molecule has 3 rings (SSSR count). The van der Waals surface area contributed by atoms with Crippen molar-refractivity contribution in [2.75, 3.05) is 13.1 Å². The molecule has 0 bridgehead atoms. The lowest BCUT2D eigenvalue weighted by atomic mass is 10.0. The quantitative estimate of drug-likeness (QED) is 0.780. The van der Waals surface area contributed by atoms with E-state index in [1.54, 1.807) is 31.2 Å². The molecule has 26 heavy (non-hydrogen) atoms. The van der Waals surface area contributed by atoms with Gasteiger partial charge in [-0.2, -0.15) is 0 Å². The smallest absolute Gasteiger partial charge is 0.258 e. The van der Waals surface area contributed by atoms with Gasteiger partial charge in [0.2, 0.25) is 11.8 Å². The number of para-hydroxylation sites is 1. The van der Waals surface area contributed by atoms with Gasteiger partial charge < -0.3 is 20.3 Å². The minimum Gasteiger partial charge on any atom is -0.467 e. The molecule has 2 N–H and O–H groups in total. The molecule has 2 unspecified atom stereocenters. The molecule has 7 nitrogen and oxygen atoms in total. The number of rotatable bonds is 3.